The second-order valence-corrected chi connectivity index (χ2v) is 4.92. The molecule has 0 aromatic heterocycles. The van der Waals surface area contributed by atoms with Crippen LogP contribution in [0.4, 0.5) is 0 Å². The second kappa shape index (κ2) is 6.53. The largest absolute Gasteiger partial charge is 0.481 e. The van der Waals surface area contributed by atoms with Crippen molar-refractivity contribution in [3.63, 3.8) is 0 Å². The lowest BCUT2D eigenvalue weighted by molar-refractivity contribution is -0.205. The van der Waals surface area contributed by atoms with Gasteiger partial charge in [0.15, 0.2) is 0 Å². The average Bonchev–Trinajstić information content (AvgIpc) is 2.29. The highest BCUT2D eigenvalue weighted by Gasteiger charge is 2.43. The Bertz CT molecular complexity index is 260. The van der Waals surface area contributed by atoms with Crippen molar-refractivity contribution in [2.75, 3.05) is 12.4 Å². The van der Waals surface area contributed by atoms with E-state index in [4.69, 9.17) is 14.9 Å². The summed E-state index contributed by atoms with van der Waals surface area (Å²) in [5, 5.41) is 45.9. The lowest BCUT2D eigenvalue weighted by Gasteiger charge is -2.39. The topological polar surface area (TPSA) is 127 Å². The Morgan fingerprint density at radius 2 is 1.82 bits per heavy atom. The summed E-state index contributed by atoms with van der Waals surface area (Å²) in [6.07, 6.45) is -5.16. The third-order valence-corrected chi connectivity index (χ3v) is 3.60. The van der Waals surface area contributed by atoms with Gasteiger partial charge in [-0.2, -0.15) is 0 Å². The molecule has 0 aromatic rings. The van der Waals surface area contributed by atoms with Crippen LogP contribution in [0.25, 0.3) is 0 Å². The molecular weight excluding hydrogens is 252 g/mol. The number of carbonyl (C=O) groups is 1. The molecule has 1 saturated heterocycles. The van der Waals surface area contributed by atoms with Gasteiger partial charge >= 0.3 is 5.97 Å². The van der Waals surface area contributed by atoms with Crippen molar-refractivity contribution in [1.29, 1.82) is 0 Å². The van der Waals surface area contributed by atoms with Crippen molar-refractivity contribution in [3.8, 4) is 0 Å². The van der Waals surface area contributed by atoms with Crippen molar-refractivity contribution < 1.29 is 35.1 Å². The summed E-state index contributed by atoms with van der Waals surface area (Å²) >= 11 is 1.02. The molecule has 17 heavy (non-hydrogen) atoms. The number of ether oxygens (including phenoxy) is 1. The molecule has 100 valence electrons. The zero-order valence-corrected chi connectivity index (χ0v) is 9.79. The Kier molecular flexibility index (Phi) is 5.63. The number of hydrogen-bond acceptors (Lipinski definition) is 7. The molecule has 1 fully saturated rings. The van der Waals surface area contributed by atoms with Gasteiger partial charge in [-0.25, -0.2) is 0 Å². The number of aliphatic carboxylic acids is 1. The zero-order valence-electron chi connectivity index (χ0n) is 8.97. The van der Waals surface area contributed by atoms with Gasteiger partial charge in [0, 0.05) is 5.75 Å². The smallest absolute Gasteiger partial charge is 0.304 e. The molecule has 5 N–H and O–H groups in total. The standard InChI is InChI=1S/C9H16O7S/c10-3-4-6(13)7(14)8(15)9(16-4)17-2-1-5(11)12/h4,6-10,13-15H,1-3H2,(H,11,12). The minimum atomic E-state index is -1.41. The Morgan fingerprint density at radius 3 is 2.35 bits per heavy atom. The van der Waals surface area contributed by atoms with E-state index < -0.39 is 42.4 Å². The van der Waals surface area contributed by atoms with Crippen LogP contribution < -0.4 is 0 Å². The van der Waals surface area contributed by atoms with E-state index in [9.17, 15) is 20.1 Å². The van der Waals surface area contributed by atoms with Crippen LogP contribution in [0, 0.1) is 0 Å². The number of hydrogen-bond donors (Lipinski definition) is 5. The van der Waals surface area contributed by atoms with E-state index in [1.54, 1.807) is 0 Å². The summed E-state index contributed by atoms with van der Waals surface area (Å²) < 4.78 is 5.17. The van der Waals surface area contributed by atoms with E-state index in [-0.39, 0.29) is 12.2 Å². The van der Waals surface area contributed by atoms with E-state index in [2.05, 4.69) is 0 Å². The van der Waals surface area contributed by atoms with Gasteiger partial charge in [0.1, 0.15) is 29.9 Å². The normalized spacial score (nSPS) is 38.0. The van der Waals surface area contributed by atoms with Crippen molar-refractivity contribution in [3.05, 3.63) is 0 Å². The van der Waals surface area contributed by atoms with E-state index in [0.717, 1.165) is 11.8 Å². The second-order valence-electron chi connectivity index (χ2n) is 3.71. The van der Waals surface area contributed by atoms with Crippen LogP contribution in [0.15, 0.2) is 0 Å². The maximum absolute atomic E-state index is 10.3. The van der Waals surface area contributed by atoms with Crippen molar-refractivity contribution >= 4 is 17.7 Å². The molecule has 0 aromatic carbocycles. The van der Waals surface area contributed by atoms with Gasteiger partial charge in [0.25, 0.3) is 0 Å². The Hall–Kier alpha value is -0.380. The molecule has 5 unspecified atom stereocenters. The fourth-order valence-corrected chi connectivity index (χ4v) is 2.57. The molecule has 7 nitrogen and oxygen atoms in total. The Morgan fingerprint density at radius 1 is 1.18 bits per heavy atom. The highest BCUT2D eigenvalue weighted by molar-refractivity contribution is 7.99. The van der Waals surface area contributed by atoms with Crippen LogP contribution >= 0.6 is 11.8 Å². The number of carboxylic acid groups (broad SMARTS) is 1. The van der Waals surface area contributed by atoms with Crippen LogP contribution in [0.5, 0.6) is 0 Å². The molecule has 5 atom stereocenters. The van der Waals surface area contributed by atoms with Gasteiger partial charge in [-0.3, -0.25) is 4.79 Å². The first kappa shape index (κ1) is 14.7. The van der Waals surface area contributed by atoms with E-state index in [1.165, 1.54) is 0 Å². The molecule has 1 aliphatic heterocycles. The predicted molar refractivity (Wildman–Crippen MR) is 58.5 cm³/mol. The number of aliphatic hydroxyl groups excluding tert-OH is 4. The highest BCUT2D eigenvalue weighted by atomic mass is 32.2. The molecule has 1 aliphatic rings. The summed E-state index contributed by atoms with van der Waals surface area (Å²) in [6, 6.07) is 0. The molecule has 0 amide bonds. The number of rotatable bonds is 5. The van der Waals surface area contributed by atoms with Gasteiger partial charge in [-0.05, 0) is 0 Å². The first-order valence-electron chi connectivity index (χ1n) is 5.11. The summed E-state index contributed by atoms with van der Waals surface area (Å²) in [4.78, 5) is 10.3. The predicted octanol–water partition coefficient (Wildman–Crippen LogP) is -2.01. The first-order valence-corrected chi connectivity index (χ1v) is 6.16. The van der Waals surface area contributed by atoms with Gasteiger partial charge < -0.3 is 30.3 Å². The van der Waals surface area contributed by atoms with Gasteiger partial charge in [0.2, 0.25) is 0 Å². The Labute approximate surface area is 102 Å². The molecule has 0 aliphatic carbocycles. The molecule has 0 bridgehead atoms. The average molecular weight is 268 g/mol. The van der Waals surface area contributed by atoms with Gasteiger partial charge in [0.05, 0.1) is 13.0 Å². The number of aliphatic hydroxyl groups is 4. The number of thioether (sulfide) groups is 1. The Balaban J connectivity index is 2.50. The summed E-state index contributed by atoms with van der Waals surface area (Å²) in [5.74, 6) is -0.764. The SMILES string of the molecule is O=C(O)CCSC1OC(CO)C(O)C(O)C1O. The van der Waals surface area contributed by atoms with E-state index >= 15 is 0 Å². The highest BCUT2D eigenvalue weighted by Crippen LogP contribution is 2.28. The summed E-state index contributed by atoms with van der Waals surface area (Å²) in [6.45, 7) is -0.485. The maximum Gasteiger partial charge on any atom is 0.304 e. The molecule has 0 saturated carbocycles. The van der Waals surface area contributed by atoms with E-state index in [1.807, 2.05) is 0 Å². The van der Waals surface area contributed by atoms with Crippen molar-refractivity contribution in [2.45, 2.75) is 36.3 Å². The minimum Gasteiger partial charge on any atom is -0.481 e. The third kappa shape index (κ3) is 3.80. The zero-order chi connectivity index (χ0) is 13.0. The first-order chi connectivity index (χ1) is 7.97. The van der Waals surface area contributed by atoms with Crippen LogP contribution in [0.2, 0.25) is 0 Å². The van der Waals surface area contributed by atoms with Crippen LogP contribution in [0.3, 0.4) is 0 Å². The molecule has 8 heteroatoms. The fraction of sp³-hybridized carbons (Fsp3) is 0.889. The molecule has 0 radical (unpaired) electrons. The van der Waals surface area contributed by atoms with Crippen LogP contribution in [-0.2, 0) is 9.53 Å². The van der Waals surface area contributed by atoms with Gasteiger partial charge in [-0.15, -0.1) is 11.8 Å². The molecule has 1 heterocycles. The quantitative estimate of drug-likeness (QED) is 0.387. The van der Waals surface area contributed by atoms with Crippen LogP contribution in [-0.4, -0.2) is 73.7 Å². The van der Waals surface area contributed by atoms with Crippen molar-refractivity contribution in [2.24, 2.45) is 0 Å². The third-order valence-electron chi connectivity index (χ3n) is 2.45. The fourth-order valence-electron chi connectivity index (χ4n) is 1.47. The lowest BCUT2D eigenvalue weighted by atomic mass is 10.0. The lowest BCUT2D eigenvalue weighted by Crippen LogP contribution is -2.57. The number of carboxylic acids is 1. The maximum atomic E-state index is 10.3. The molecule has 1 rings (SSSR count). The minimum absolute atomic E-state index is 0.0975. The summed E-state index contributed by atoms with van der Waals surface area (Å²) in [7, 11) is 0. The van der Waals surface area contributed by atoms with Crippen molar-refractivity contribution in [1.82, 2.24) is 0 Å². The van der Waals surface area contributed by atoms with E-state index in [0.29, 0.717) is 0 Å². The summed E-state index contributed by atoms with van der Waals surface area (Å²) in [5.41, 5.74) is -0.857. The molecular formula is C9H16O7S. The van der Waals surface area contributed by atoms with Gasteiger partial charge in [-0.1, -0.05) is 0 Å². The molecule has 0 spiro atoms. The monoisotopic (exact) mass is 268 g/mol. The van der Waals surface area contributed by atoms with Crippen LogP contribution in [0.1, 0.15) is 6.42 Å².